The maximum absolute atomic E-state index is 12.3. The van der Waals surface area contributed by atoms with Crippen molar-refractivity contribution in [2.45, 2.75) is 18.7 Å². The normalized spacial score (nSPS) is 11.3. The summed E-state index contributed by atoms with van der Waals surface area (Å²) in [5, 5.41) is 0. The molecule has 1 aromatic heterocycles. The third kappa shape index (κ3) is 3.30. The predicted octanol–water partition coefficient (Wildman–Crippen LogP) is 2.66. The van der Waals surface area contributed by atoms with E-state index in [1.54, 1.807) is 19.1 Å². The molecule has 1 aromatic carbocycles. The Bertz CT molecular complexity index is 699. The van der Waals surface area contributed by atoms with Crippen LogP contribution >= 0.6 is 15.9 Å². The van der Waals surface area contributed by atoms with Gasteiger partial charge in [0.05, 0.1) is 9.37 Å². The molecule has 2 rings (SSSR count). The zero-order valence-electron chi connectivity index (χ0n) is 10.4. The molecule has 0 fully saturated rings. The van der Waals surface area contributed by atoms with E-state index in [0.29, 0.717) is 10.0 Å². The SMILES string of the molecule is Cc1ccc(C)c(S(=O)(=O)Nc2ncc(Br)cn2)c1. The first kappa shape index (κ1) is 14.0. The molecule has 5 nitrogen and oxygen atoms in total. The molecule has 0 bridgehead atoms. The van der Waals surface area contributed by atoms with Gasteiger partial charge in [0.15, 0.2) is 0 Å². The number of halogens is 1. The van der Waals surface area contributed by atoms with Crippen molar-refractivity contribution in [3.05, 3.63) is 46.2 Å². The van der Waals surface area contributed by atoms with Crippen molar-refractivity contribution in [1.82, 2.24) is 9.97 Å². The smallest absolute Gasteiger partial charge is 0.247 e. The van der Waals surface area contributed by atoms with Crippen LogP contribution in [0.2, 0.25) is 0 Å². The summed E-state index contributed by atoms with van der Waals surface area (Å²) >= 11 is 3.19. The van der Waals surface area contributed by atoms with E-state index >= 15 is 0 Å². The monoisotopic (exact) mass is 341 g/mol. The maximum atomic E-state index is 12.3. The van der Waals surface area contributed by atoms with Crippen LogP contribution in [-0.2, 0) is 10.0 Å². The minimum absolute atomic E-state index is 0.0455. The zero-order valence-corrected chi connectivity index (χ0v) is 12.8. The van der Waals surface area contributed by atoms with Crippen LogP contribution in [0.3, 0.4) is 0 Å². The van der Waals surface area contributed by atoms with Crippen molar-refractivity contribution < 1.29 is 8.42 Å². The summed E-state index contributed by atoms with van der Waals surface area (Å²) in [6.45, 7) is 3.59. The Morgan fingerprint density at radius 3 is 2.42 bits per heavy atom. The van der Waals surface area contributed by atoms with E-state index in [0.717, 1.165) is 5.56 Å². The van der Waals surface area contributed by atoms with Crippen LogP contribution in [-0.4, -0.2) is 18.4 Å². The molecule has 19 heavy (non-hydrogen) atoms. The van der Waals surface area contributed by atoms with Crippen LogP contribution in [0.1, 0.15) is 11.1 Å². The van der Waals surface area contributed by atoms with E-state index in [1.165, 1.54) is 12.4 Å². The molecule has 0 saturated heterocycles. The van der Waals surface area contributed by atoms with Crippen LogP contribution < -0.4 is 4.72 Å². The number of nitrogens with one attached hydrogen (secondary N) is 1. The largest absolute Gasteiger partial charge is 0.264 e. The molecule has 0 aliphatic rings. The quantitative estimate of drug-likeness (QED) is 0.931. The first-order valence-corrected chi connectivity index (χ1v) is 7.74. The number of aromatic nitrogens is 2. The van der Waals surface area contributed by atoms with E-state index in [2.05, 4.69) is 30.6 Å². The molecule has 0 aliphatic carbocycles. The van der Waals surface area contributed by atoms with Gasteiger partial charge in [0, 0.05) is 12.4 Å². The molecule has 1 heterocycles. The Kier molecular flexibility index (Phi) is 3.86. The standard InChI is InChI=1S/C12H12BrN3O2S/c1-8-3-4-9(2)11(5-8)19(17,18)16-12-14-6-10(13)7-15-12/h3-7H,1-2H3,(H,14,15,16). The van der Waals surface area contributed by atoms with Crippen molar-refractivity contribution >= 4 is 31.9 Å². The molecule has 2 aromatic rings. The molecule has 0 atom stereocenters. The van der Waals surface area contributed by atoms with Gasteiger partial charge >= 0.3 is 0 Å². The van der Waals surface area contributed by atoms with Crippen molar-refractivity contribution in [1.29, 1.82) is 0 Å². The summed E-state index contributed by atoms with van der Waals surface area (Å²) in [6, 6.07) is 5.26. The second-order valence-corrected chi connectivity index (χ2v) is 6.67. The maximum Gasteiger partial charge on any atom is 0.264 e. The van der Waals surface area contributed by atoms with Gasteiger partial charge in [-0.3, -0.25) is 0 Å². The van der Waals surface area contributed by atoms with Crippen LogP contribution in [0.4, 0.5) is 5.95 Å². The molecule has 0 aliphatic heterocycles. The van der Waals surface area contributed by atoms with Crippen molar-refractivity contribution in [3.63, 3.8) is 0 Å². The van der Waals surface area contributed by atoms with Gasteiger partial charge < -0.3 is 0 Å². The Hall–Kier alpha value is -1.47. The molecule has 1 N–H and O–H groups in total. The zero-order chi connectivity index (χ0) is 14.0. The van der Waals surface area contributed by atoms with Gasteiger partial charge in [-0.05, 0) is 47.0 Å². The summed E-state index contributed by atoms with van der Waals surface area (Å²) in [5.41, 5.74) is 1.55. The second-order valence-electron chi connectivity index (χ2n) is 4.10. The van der Waals surface area contributed by atoms with Crippen LogP contribution in [0.25, 0.3) is 0 Å². The fraction of sp³-hybridized carbons (Fsp3) is 0.167. The van der Waals surface area contributed by atoms with Gasteiger partial charge in [-0.15, -0.1) is 0 Å². The van der Waals surface area contributed by atoms with Gasteiger partial charge in [0.1, 0.15) is 0 Å². The van der Waals surface area contributed by atoms with Crippen LogP contribution in [0.15, 0.2) is 40.0 Å². The van der Waals surface area contributed by atoms with Crippen molar-refractivity contribution in [3.8, 4) is 0 Å². The Morgan fingerprint density at radius 2 is 1.79 bits per heavy atom. The summed E-state index contributed by atoms with van der Waals surface area (Å²) in [5.74, 6) is 0.0455. The van der Waals surface area contributed by atoms with E-state index in [1.807, 2.05) is 13.0 Å². The van der Waals surface area contributed by atoms with E-state index < -0.39 is 10.0 Å². The number of anilines is 1. The average molecular weight is 342 g/mol. The summed E-state index contributed by atoms with van der Waals surface area (Å²) in [7, 11) is -3.67. The number of nitrogens with zero attached hydrogens (tertiary/aromatic N) is 2. The molecule has 100 valence electrons. The molecule has 0 spiro atoms. The molecular formula is C12H12BrN3O2S. The van der Waals surface area contributed by atoms with Crippen molar-refractivity contribution in [2.75, 3.05) is 4.72 Å². The molecule has 0 unspecified atom stereocenters. The highest BCUT2D eigenvalue weighted by Crippen LogP contribution is 2.19. The number of hydrogen-bond donors (Lipinski definition) is 1. The van der Waals surface area contributed by atoms with Crippen LogP contribution in [0.5, 0.6) is 0 Å². The lowest BCUT2D eigenvalue weighted by molar-refractivity contribution is 0.600. The van der Waals surface area contributed by atoms with E-state index in [9.17, 15) is 8.42 Å². The predicted molar refractivity (Wildman–Crippen MR) is 76.5 cm³/mol. The summed E-state index contributed by atoms with van der Waals surface area (Å²) in [4.78, 5) is 8.02. The van der Waals surface area contributed by atoms with Gasteiger partial charge in [-0.2, -0.15) is 0 Å². The molecular weight excluding hydrogens is 330 g/mol. The third-order valence-electron chi connectivity index (χ3n) is 2.48. The molecule has 0 saturated carbocycles. The van der Waals surface area contributed by atoms with Gasteiger partial charge in [0.25, 0.3) is 10.0 Å². The average Bonchev–Trinajstić information content (AvgIpc) is 2.35. The number of rotatable bonds is 3. The third-order valence-corrected chi connectivity index (χ3v) is 4.36. The lowest BCUT2D eigenvalue weighted by atomic mass is 10.2. The second kappa shape index (κ2) is 5.26. The fourth-order valence-electron chi connectivity index (χ4n) is 1.54. The molecule has 7 heteroatoms. The lowest BCUT2D eigenvalue weighted by Crippen LogP contribution is -2.16. The summed E-state index contributed by atoms with van der Waals surface area (Å²) in [6.07, 6.45) is 2.96. The number of aryl methyl sites for hydroxylation is 2. The highest BCUT2D eigenvalue weighted by atomic mass is 79.9. The Balaban J connectivity index is 2.37. The first-order chi connectivity index (χ1) is 8.88. The summed E-state index contributed by atoms with van der Waals surface area (Å²) < 4.78 is 27.6. The van der Waals surface area contributed by atoms with Gasteiger partial charge in [0.2, 0.25) is 5.95 Å². The highest BCUT2D eigenvalue weighted by Gasteiger charge is 2.18. The highest BCUT2D eigenvalue weighted by molar-refractivity contribution is 9.10. The fourth-order valence-corrected chi connectivity index (χ4v) is 3.03. The topological polar surface area (TPSA) is 72.0 Å². The lowest BCUT2D eigenvalue weighted by Gasteiger charge is -2.09. The molecule has 0 amide bonds. The van der Waals surface area contributed by atoms with Crippen LogP contribution in [0, 0.1) is 13.8 Å². The van der Waals surface area contributed by atoms with Gasteiger partial charge in [-0.1, -0.05) is 12.1 Å². The Morgan fingerprint density at radius 1 is 1.16 bits per heavy atom. The number of benzene rings is 1. The van der Waals surface area contributed by atoms with Gasteiger partial charge in [-0.25, -0.2) is 23.1 Å². The number of sulfonamides is 1. The minimum atomic E-state index is -3.67. The van der Waals surface area contributed by atoms with E-state index in [4.69, 9.17) is 0 Å². The molecule has 0 radical (unpaired) electrons. The van der Waals surface area contributed by atoms with Crippen molar-refractivity contribution in [2.24, 2.45) is 0 Å². The van der Waals surface area contributed by atoms with E-state index in [-0.39, 0.29) is 10.8 Å². The number of hydrogen-bond acceptors (Lipinski definition) is 4. The first-order valence-electron chi connectivity index (χ1n) is 5.46. The Labute approximate surface area is 120 Å². The minimum Gasteiger partial charge on any atom is -0.247 e.